The first-order chi connectivity index (χ1) is 16.5. The van der Waals surface area contributed by atoms with Crippen LogP contribution in [0.25, 0.3) is 0 Å². The number of carbonyl (C=O) groups is 1. The Kier molecular flexibility index (Phi) is 6.15. The number of benzene rings is 3. The van der Waals surface area contributed by atoms with Crippen LogP contribution in [-0.4, -0.2) is 34.1 Å². The van der Waals surface area contributed by atoms with E-state index < -0.39 is 15.4 Å². The number of amides is 1. The summed E-state index contributed by atoms with van der Waals surface area (Å²) >= 11 is 0. The molecule has 3 aromatic rings. The summed E-state index contributed by atoms with van der Waals surface area (Å²) in [4.78, 5) is 13.9. The number of aryl methyl sites for hydroxylation is 1. The quantitative estimate of drug-likeness (QED) is 0.588. The molecule has 0 spiro atoms. The molecule has 2 aliphatic heterocycles. The smallest absolute Gasteiger partial charge is 0.264 e. The van der Waals surface area contributed by atoms with Gasteiger partial charge >= 0.3 is 0 Å². The molecular weight excluding hydrogens is 448 g/mol. The Hall–Kier alpha value is -3.16. The summed E-state index contributed by atoms with van der Waals surface area (Å²) < 4.78 is 33.6. The lowest BCUT2D eigenvalue weighted by Crippen LogP contribution is -2.44. The van der Waals surface area contributed by atoms with Crippen LogP contribution in [0.5, 0.6) is 0 Å². The second-order valence-electron chi connectivity index (χ2n) is 8.85. The van der Waals surface area contributed by atoms with Crippen molar-refractivity contribution in [2.45, 2.75) is 36.0 Å². The molecule has 0 radical (unpaired) electrons. The topological polar surface area (TPSA) is 75.7 Å². The average Bonchev–Trinajstić information content (AvgIpc) is 2.89. The number of carbonyl (C=O) groups excluding carboxylic acids is 1. The molecule has 0 aromatic heterocycles. The number of nitrogens with one attached hydrogen (secondary N) is 1. The Morgan fingerprint density at radius 1 is 0.912 bits per heavy atom. The van der Waals surface area contributed by atoms with Crippen LogP contribution in [0.15, 0.2) is 83.8 Å². The molecule has 0 unspecified atom stereocenters. The molecule has 3 aromatic carbocycles. The van der Waals surface area contributed by atoms with Gasteiger partial charge in [-0.3, -0.25) is 9.10 Å². The van der Waals surface area contributed by atoms with Crippen molar-refractivity contribution in [3.63, 3.8) is 0 Å². The summed E-state index contributed by atoms with van der Waals surface area (Å²) in [6, 6.07) is 23.9. The standard InChI is InChI=1S/C27H28N2O4S/c30-26(27(15-18-33-19-16-27)22-9-3-1-4-10-22)28-23-13-14-25-21(20-23)8-7-17-29(25)34(31,32)24-11-5-2-6-12-24/h1-6,9-14,20H,7-8,15-19H2,(H,28,30). The normalized spacial score (nSPS) is 17.6. The first-order valence-electron chi connectivity index (χ1n) is 11.7. The van der Waals surface area contributed by atoms with Gasteiger partial charge < -0.3 is 10.1 Å². The molecule has 7 heteroatoms. The van der Waals surface area contributed by atoms with Crippen LogP contribution in [0.1, 0.15) is 30.4 Å². The van der Waals surface area contributed by atoms with Crippen molar-refractivity contribution in [3.05, 3.63) is 90.0 Å². The zero-order valence-electron chi connectivity index (χ0n) is 18.9. The molecule has 6 nitrogen and oxygen atoms in total. The van der Waals surface area contributed by atoms with Crippen LogP contribution in [0, 0.1) is 0 Å². The van der Waals surface area contributed by atoms with Gasteiger partial charge in [0.15, 0.2) is 0 Å². The maximum atomic E-state index is 13.6. The molecule has 176 valence electrons. The lowest BCUT2D eigenvalue weighted by molar-refractivity contribution is -0.125. The summed E-state index contributed by atoms with van der Waals surface area (Å²) in [5.41, 5.74) is 2.64. The predicted molar refractivity (Wildman–Crippen MR) is 133 cm³/mol. The molecule has 5 rings (SSSR count). The maximum absolute atomic E-state index is 13.6. The van der Waals surface area contributed by atoms with Gasteiger partial charge in [-0.05, 0) is 67.1 Å². The van der Waals surface area contributed by atoms with E-state index in [0.29, 0.717) is 44.0 Å². The second-order valence-corrected chi connectivity index (χ2v) is 10.7. The molecule has 1 saturated heterocycles. The maximum Gasteiger partial charge on any atom is 0.264 e. The van der Waals surface area contributed by atoms with E-state index in [1.807, 2.05) is 42.5 Å². The van der Waals surface area contributed by atoms with Crippen LogP contribution < -0.4 is 9.62 Å². The average molecular weight is 477 g/mol. The molecule has 34 heavy (non-hydrogen) atoms. The van der Waals surface area contributed by atoms with Crippen molar-refractivity contribution in [1.82, 2.24) is 0 Å². The molecule has 1 amide bonds. The summed E-state index contributed by atoms with van der Waals surface area (Å²) in [5, 5.41) is 3.12. The molecule has 1 N–H and O–H groups in total. The Morgan fingerprint density at radius 3 is 2.29 bits per heavy atom. The van der Waals surface area contributed by atoms with Gasteiger partial charge in [0, 0.05) is 25.4 Å². The lowest BCUT2D eigenvalue weighted by atomic mass is 9.73. The number of hydrogen-bond donors (Lipinski definition) is 1. The molecule has 0 atom stereocenters. The number of fused-ring (bicyclic) bond motifs is 1. The van der Waals surface area contributed by atoms with Gasteiger partial charge in [-0.1, -0.05) is 48.5 Å². The summed E-state index contributed by atoms with van der Waals surface area (Å²) in [5.74, 6) is -0.0495. The number of sulfonamides is 1. The van der Waals surface area contributed by atoms with Crippen molar-refractivity contribution in [2.24, 2.45) is 0 Å². The highest BCUT2D eigenvalue weighted by Gasteiger charge is 2.41. The minimum atomic E-state index is -3.64. The van der Waals surface area contributed by atoms with E-state index in [1.165, 1.54) is 4.31 Å². The first-order valence-corrected chi connectivity index (χ1v) is 13.1. The van der Waals surface area contributed by atoms with E-state index >= 15 is 0 Å². The third kappa shape index (κ3) is 4.10. The van der Waals surface area contributed by atoms with Crippen LogP contribution in [0.4, 0.5) is 11.4 Å². The van der Waals surface area contributed by atoms with Crippen LogP contribution in [-0.2, 0) is 31.4 Å². The molecule has 2 heterocycles. The van der Waals surface area contributed by atoms with E-state index in [2.05, 4.69) is 5.32 Å². The van der Waals surface area contributed by atoms with Gasteiger partial charge in [-0.25, -0.2) is 8.42 Å². The minimum absolute atomic E-state index is 0.0495. The Morgan fingerprint density at radius 2 is 1.59 bits per heavy atom. The Bertz CT molecular complexity index is 1270. The van der Waals surface area contributed by atoms with Crippen molar-refractivity contribution in [2.75, 3.05) is 29.4 Å². The fourth-order valence-corrected chi connectivity index (χ4v) is 6.55. The van der Waals surface area contributed by atoms with Crippen molar-refractivity contribution in [3.8, 4) is 0 Å². The second kappa shape index (κ2) is 9.24. The van der Waals surface area contributed by atoms with E-state index in [1.54, 1.807) is 36.4 Å². The van der Waals surface area contributed by atoms with Gasteiger partial charge in [0.2, 0.25) is 5.91 Å². The van der Waals surface area contributed by atoms with Crippen molar-refractivity contribution < 1.29 is 17.9 Å². The molecule has 0 bridgehead atoms. The summed E-state index contributed by atoms with van der Waals surface area (Å²) in [7, 11) is -3.64. The van der Waals surface area contributed by atoms with E-state index in [0.717, 1.165) is 24.0 Å². The highest BCUT2D eigenvalue weighted by Crippen LogP contribution is 2.38. The van der Waals surface area contributed by atoms with Gasteiger partial charge in [-0.15, -0.1) is 0 Å². The van der Waals surface area contributed by atoms with E-state index in [-0.39, 0.29) is 10.8 Å². The summed E-state index contributed by atoms with van der Waals surface area (Å²) in [6.07, 6.45) is 2.73. The van der Waals surface area contributed by atoms with Gasteiger partial charge in [0.1, 0.15) is 0 Å². The number of anilines is 2. The molecule has 0 saturated carbocycles. The lowest BCUT2D eigenvalue weighted by Gasteiger charge is -2.36. The highest BCUT2D eigenvalue weighted by molar-refractivity contribution is 7.92. The molecular formula is C27H28N2O4S. The monoisotopic (exact) mass is 476 g/mol. The molecule has 2 aliphatic rings. The van der Waals surface area contributed by atoms with Gasteiger partial charge in [-0.2, -0.15) is 0 Å². The number of ether oxygens (including phenoxy) is 1. The minimum Gasteiger partial charge on any atom is -0.381 e. The molecule has 0 aliphatic carbocycles. The fraction of sp³-hybridized carbons (Fsp3) is 0.296. The van der Waals surface area contributed by atoms with E-state index in [9.17, 15) is 13.2 Å². The van der Waals surface area contributed by atoms with Crippen LogP contribution in [0.3, 0.4) is 0 Å². The van der Waals surface area contributed by atoms with Crippen LogP contribution in [0.2, 0.25) is 0 Å². The predicted octanol–water partition coefficient (Wildman–Crippen LogP) is 4.52. The zero-order valence-corrected chi connectivity index (χ0v) is 19.8. The highest BCUT2D eigenvalue weighted by atomic mass is 32.2. The van der Waals surface area contributed by atoms with E-state index in [4.69, 9.17) is 4.74 Å². The number of nitrogens with zero attached hydrogens (tertiary/aromatic N) is 1. The SMILES string of the molecule is O=C(Nc1ccc2c(c1)CCCN2S(=O)(=O)c1ccccc1)C1(c2ccccc2)CCOCC1. The van der Waals surface area contributed by atoms with Gasteiger partial charge in [0.05, 0.1) is 16.0 Å². The van der Waals surface area contributed by atoms with Crippen LogP contribution >= 0.6 is 0 Å². The largest absolute Gasteiger partial charge is 0.381 e. The first kappa shape index (κ1) is 22.6. The Balaban J connectivity index is 1.43. The fourth-order valence-electron chi connectivity index (χ4n) is 4.98. The third-order valence-corrected chi connectivity index (χ3v) is 8.68. The Labute approximate surface area is 200 Å². The number of rotatable bonds is 5. The van der Waals surface area contributed by atoms with Crippen molar-refractivity contribution in [1.29, 1.82) is 0 Å². The summed E-state index contributed by atoms with van der Waals surface area (Å²) in [6.45, 7) is 1.52. The van der Waals surface area contributed by atoms with Crippen molar-refractivity contribution >= 4 is 27.3 Å². The number of hydrogen-bond acceptors (Lipinski definition) is 4. The third-order valence-electron chi connectivity index (χ3n) is 6.85. The molecule has 1 fully saturated rings. The van der Waals surface area contributed by atoms with Gasteiger partial charge in [0.25, 0.3) is 10.0 Å². The zero-order chi connectivity index (χ0) is 23.6.